The first-order chi connectivity index (χ1) is 13.1. The van der Waals surface area contributed by atoms with Crippen molar-refractivity contribution in [3.8, 4) is 11.5 Å². The van der Waals surface area contributed by atoms with Crippen molar-refractivity contribution in [2.75, 3.05) is 45.8 Å². The number of benzene rings is 2. The van der Waals surface area contributed by atoms with Crippen LogP contribution in [0.2, 0.25) is 0 Å². The van der Waals surface area contributed by atoms with Gasteiger partial charge in [-0.15, -0.1) is 12.4 Å². The Morgan fingerprint density at radius 3 is 2.50 bits per heavy atom. The number of ether oxygens (including phenoxy) is 2. The first-order valence-electron chi connectivity index (χ1n) is 8.64. The summed E-state index contributed by atoms with van der Waals surface area (Å²) in [6.07, 6.45) is 0. The average Bonchev–Trinajstić information content (AvgIpc) is 3.09. The summed E-state index contributed by atoms with van der Waals surface area (Å²) in [7, 11) is 5.59. The van der Waals surface area contributed by atoms with Crippen LogP contribution in [0.15, 0.2) is 48.5 Å². The number of halogens is 1. The van der Waals surface area contributed by atoms with Crippen LogP contribution in [0.5, 0.6) is 11.5 Å². The van der Waals surface area contributed by atoms with E-state index in [0.29, 0.717) is 17.4 Å². The number of carbonyl (C=O) groups is 1. The van der Waals surface area contributed by atoms with Crippen molar-refractivity contribution in [3.63, 3.8) is 0 Å². The predicted molar refractivity (Wildman–Crippen MR) is 116 cm³/mol. The molecule has 2 aromatic carbocycles. The van der Waals surface area contributed by atoms with Gasteiger partial charge in [-0.3, -0.25) is 9.69 Å². The predicted octanol–water partition coefficient (Wildman–Crippen LogP) is 3.70. The molecule has 0 N–H and O–H groups in total. The molecule has 0 aliphatic rings. The SMILES string of the molecule is COc1ccc2nc(N(CCN(C)C)C(=O)COc3ccccc3)sc2c1.Cl. The largest absolute Gasteiger partial charge is 0.497 e. The molecule has 0 unspecified atom stereocenters. The lowest BCUT2D eigenvalue weighted by molar-refractivity contribution is -0.120. The standard InChI is InChI=1S/C20H23N3O3S.ClH/c1-22(2)11-12-23(19(24)14-26-15-7-5-4-6-8-15)20-21-17-10-9-16(25-3)13-18(17)27-20;/h4-10,13H,11-12,14H2,1-3H3;1H. The fourth-order valence-corrected chi connectivity index (χ4v) is 3.54. The lowest BCUT2D eigenvalue weighted by atomic mass is 10.3. The van der Waals surface area contributed by atoms with Crippen LogP contribution >= 0.6 is 23.7 Å². The Balaban J connectivity index is 0.00000280. The van der Waals surface area contributed by atoms with Crippen LogP contribution in [-0.2, 0) is 4.79 Å². The van der Waals surface area contributed by atoms with Gasteiger partial charge in [0.15, 0.2) is 11.7 Å². The zero-order valence-electron chi connectivity index (χ0n) is 16.1. The van der Waals surface area contributed by atoms with Gasteiger partial charge in [0.1, 0.15) is 11.5 Å². The zero-order chi connectivity index (χ0) is 19.2. The molecule has 0 aliphatic heterocycles. The Bertz CT molecular complexity index is 902. The molecule has 28 heavy (non-hydrogen) atoms. The van der Waals surface area contributed by atoms with E-state index in [1.807, 2.05) is 67.5 Å². The summed E-state index contributed by atoms with van der Waals surface area (Å²) in [5.41, 5.74) is 0.849. The Hall–Kier alpha value is -2.35. The van der Waals surface area contributed by atoms with Crippen molar-refractivity contribution >= 4 is 45.0 Å². The number of fused-ring (bicyclic) bond motifs is 1. The number of amides is 1. The van der Waals surface area contributed by atoms with Gasteiger partial charge < -0.3 is 14.4 Å². The molecule has 0 atom stereocenters. The number of carbonyl (C=O) groups excluding carboxylic acids is 1. The lowest BCUT2D eigenvalue weighted by Crippen LogP contribution is -2.39. The summed E-state index contributed by atoms with van der Waals surface area (Å²) in [5, 5.41) is 0.668. The van der Waals surface area contributed by atoms with Gasteiger partial charge in [-0.25, -0.2) is 4.98 Å². The first kappa shape index (κ1) is 21.9. The molecular weight excluding hydrogens is 398 g/mol. The summed E-state index contributed by atoms with van der Waals surface area (Å²) in [4.78, 5) is 21.2. The highest BCUT2D eigenvalue weighted by Gasteiger charge is 2.20. The van der Waals surface area contributed by atoms with E-state index in [2.05, 4.69) is 4.98 Å². The van der Waals surface area contributed by atoms with Gasteiger partial charge in [0.25, 0.3) is 5.91 Å². The highest BCUT2D eigenvalue weighted by atomic mass is 35.5. The highest BCUT2D eigenvalue weighted by Crippen LogP contribution is 2.31. The van der Waals surface area contributed by atoms with E-state index < -0.39 is 0 Å². The third kappa shape index (κ3) is 5.58. The van der Waals surface area contributed by atoms with Gasteiger partial charge in [-0.1, -0.05) is 29.5 Å². The van der Waals surface area contributed by atoms with Crippen LogP contribution in [0.3, 0.4) is 0 Å². The van der Waals surface area contributed by atoms with Crippen LogP contribution in [0.4, 0.5) is 5.13 Å². The van der Waals surface area contributed by atoms with Gasteiger partial charge in [0.05, 0.1) is 17.3 Å². The third-order valence-corrected chi connectivity index (χ3v) is 5.03. The number of methoxy groups -OCH3 is 1. The normalized spacial score (nSPS) is 10.6. The molecule has 1 amide bonds. The Morgan fingerprint density at radius 1 is 1.07 bits per heavy atom. The topological polar surface area (TPSA) is 54.9 Å². The summed E-state index contributed by atoms with van der Waals surface area (Å²) in [6, 6.07) is 15.1. The second-order valence-corrected chi connectivity index (χ2v) is 7.29. The number of anilines is 1. The molecule has 3 aromatic rings. The molecule has 6 nitrogen and oxygen atoms in total. The number of rotatable bonds is 8. The van der Waals surface area contributed by atoms with E-state index in [0.717, 1.165) is 22.5 Å². The molecule has 0 bridgehead atoms. The maximum absolute atomic E-state index is 12.9. The van der Waals surface area contributed by atoms with Crippen LogP contribution in [0, 0.1) is 0 Å². The van der Waals surface area contributed by atoms with Crippen molar-refractivity contribution in [1.82, 2.24) is 9.88 Å². The molecule has 0 spiro atoms. The number of nitrogens with zero attached hydrogens (tertiary/aromatic N) is 3. The van der Waals surface area contributed by atoms with Crippen LogP contribution < -0.4 is 14.4 Å². The van der Waals surface area contributed by atoms with E-state index in [1.165, 1.54) is 11.3 Å². The number of para-hydroxylation sites is 1. The van der Waals surface area contributed by atoms with Gasteiger partial charge in [-0.2, -0.15) is 0 Å². The average molecular weight is 422 g/mol. The minimum atomic E-state index is -0.119. The number of likely N-dealkylation sites (N-methyl/N-ethyl adjacent to an activating group) is 1. The Kier molecular flexibility index (Phi) is 8.04. The Labute approximate surface area is 175 Å². The van der Waals surface area contributed by atoms with Gasteiger partial charge in [-0.05, 0) is 44.4 Å². The van der Waals surface area contributed by atoms with Crippen LogP contribution in [-0.4, -0.2) is 56.7 Å². The van der Waals surface area contributed by atoms with E-state index in [4.69, 9.17) is 9.47 Å². The quantitative estimate of drug-likeness (QED) is 0.555. The van der Waals surface area contributed by atoms with Crippen molar-refractivity contribution in [3.05, 3.63) is 48.5 Å². The van der Waals surface area contributed by atoms with Crippen molar-refractivity contribution < 1.29 is 14.3 Å². The molecule has 0 saturated heterocycles. The smallest absolute Gasteiger partial charge is 0.266 e. The minimum Gasteiger partial charge on any atom is -0.497 e. The monoisotopic (exact) mass is 421 g/mol. The number of hydrogen-bond donors (Lipinski definition) is 0. The maximum Gasteiger partial charge on any atom is 0.266 e. The molecule has 1 aromatic heterocycles. The summed E-state index contributed by atoms with van der Waals surface area (Å²) in [6.45, 7) is 1.24. The molecule has 0 saturated carbocycles. The summed E-state index contributed by atoms with van der Waals surface area (Å²) in [5.74, 6) is 1.33. The van der Waals surface area contributed by atoms with E-state index in [-0.39, 0.29) is 24.9 Å². The van der Waals surface area contributed by atoms with Crippen LogP contribution in [0.1, 0.15) is 0 Å². The molecular formula is C20H24ClN3O3S. The lowest BCUT2D eigenvalue weighted by Gasteiger charge is -2.22. The van der Waals surface area contributed by atoms with E-state index >= 15 is 0 Å². The molecule has 3 rings (SSSR count). The number of hydrogen-bond acceptors (Lipinski definition) is 6. The van der Waals surface area contributed by atoms with Crippen molar-refractivity contribution in [1.29, 1.82) is 0 Å². The Morgan fingerprint density at radius 2 is 1.82 bits per heavy atom. The first-order valence-corrected chi connectivity index (χ1v) is 9.46. The second kappa shape index (κ2) is 10.3. The summed E-state index contributed by atoms with van der Waals surface area (Å²) < 4.78 is 11.9. The molecule has 0 radical (unpaired) electrons. The molecule has 0 fully saturated rings. The molecule has 1 heterocycles. The van der Waals surface area contributed by atoms with E-state index in [9.17, 15) is 4.79 Å². The highest BCUT2D eigenvalue weighted by molar-refractivity contribution is 7.22. The molecule has 0 aliphatic carbocycles. The molecule has 8 heteroatoms. The van der Waals surface area contributed by atoms with Crippen molar-refractivity contribution in [2.45, 2.75) is 0 Å². The van der Waals surface area contributed by atoms with Crippen molar-refractivity contribution in [2.24, 2.45) is 0 Å². The van der Waals surface area contributed by atoms with Gasteiger partial charge in [0.2, 0.25) is 0 Å². The third-order valence-electron chi connectivity index (χ3n) is 3.99. The minimum absolute atomic E-state index is 0. The fourth-order valence-electron chi connectivity index (χ4n) is 2.50. The van der Waals surface area contributed by atoms with E-state index in [1.54, 1.807) is 12.0 Å². The number of thiazole rings is 1. The fraction of sp³-hybridized carbons (Fsp3) is 0.300. The number of aromatic nitrogens is 1. The summed E-state index contributed by atoms with van der Waals surface area (Å²) >= 11 is 1.48. The zero-order valence-corrected chi connectivity index (χ0v) is 17.8. The van der Waals surface area contributed by atoms with Crippen LogP contribution in [0.25, 0.3) is 10.2 Å². The maximum atomic E-state index is 12.9. The van der Waals surface area contributed by atoms with Gasteiger partial charge >= 0.3 is 0 Å². The molecule has 150 valence electrons. The van der Waals surface area contributed by atoms with Gasteiger partial charge in [0, 0.05) is 13.1 Å². The second-order valence-electron chi connectivity index (χ2n) is 6.28.